The average Bonchev–Trinajstić information content (AvgIpc) is 2.85. The van der Waals surface area contributed by atoms with Gasteiger partial charge in [-0.3, -0.25) is 0 Å². The fourth-order valence-electron chi connectivity index (χ4n) is 2.23. The third-order valence-corrected chi connectivity index (χ3v) is 3.28. The van der Waals surface area contributed by atoms with Gasteiger partial charge in [-0.15, -0.1) is 0 Å². The molecule has 4 heteroatoms. The second-order valence-corrected chi connectivity index (χ2v) is 4.83. The highest BCUT2D eigenvalue weighted by Crippen LogP contribution is 2.22. The molecule has 0 radical (unpaired) electrons. The van der Waals surface area contributed by atoms with E-state index in [4.69, 9.17) is 0 Å². The van der Waals surface area contributed by atoms with Crippen molar-refractivity contribution in [3.8, 4) is 5.75 Å². The molecule has 1 aromatic heterocycles. The molecule has 20 heavy (non-hydrogen) atoms. The summed E-state index contributed by atoms with van der Waals surface area (Å²) in [6, 6.07) is 11.7. The summed E-state index contributed by atoms with van der Waals surface area (Å²) in [7, 11) is 0. The molecule has 0 fully saturated rings. The summed E-state index contributed by atoms with van der Waals surface area (Å²) in [5, 5.41) is 14.2. The molecule has 2 aromatic carbocycles. The average molecular weight is 265 g/mol. The number of phenols is 1. The first-order chi connectivity index (χ1) is 9.65. The third-order valence-electron chi connectivity index (χ3n) is 3.28. The van der Waals surface area contributed by atoms with Crippen LogP contribution in [0.5, 0.6) is 5.75 Å². The number of hydrogen-bond donors (Lipinski definition) is 1. The molecule has 100 valence electrons. The lowest BCUT2D eigenvalue weighted by Crippen LogP contribution is -1.91. The van der Waals surface area contributed by atoms with Crippen LogP contribution in [-0.2, 0) is 0 Å². The first-order valence-corrected chi connectivity index (χ1v) is 6.42. The molecule has 0 atom stereocenters. The maximum atomic E-state index is 9.76. The zero-order valence-corrected chi connectivity index (χ0v) is 11.4. The van der Waals surface area contributed by atoms with Gasteiger partial charge in [0, 0.05) is 0 Å². The predicted molar refractivity (Wildman–Crippen MR) is 80.3 cm³/mol. The van der Waals surface area contributed by atoms with Gasteiger partial charge in [0.25, 0.3) is 0 Å². The normalized spacial score (nSPS) is 11.5. The predicted octanol–water partition coefficient (Wildman–Crippen LogP) is 3.24. The fourth-order valence-corrected chi connectivity index (χ4v) is 2.23. The second kappa shape index (κ2) is 4.81. The van der Waals surface area contributed by atoms with Crippen LogP contribution < -0.4 is 0 Å². The van der Waals surface area contributed by atoms with Crippen LogP contribution in [0.1, 0.15) is 16.7 Å². The van der Waals surface area contributed by atoms with Gasteiger partial charge in [-0.2, -0.15) is 5.10 Å². The topological polar surface area (TPSA) is 50.4 Å². The van der Waals surface area contributed by atoms with Gasteiger partial charge in [0.2, 0.25) is 0 Å². The van der Waals surface area contributed by atoms with Crippen molar-refractivity contribution < 1.29 is 5.11 Å². The Labute approximate surface area is 117 Å². The molecule has 0 aliphatic rings. The minimum absolute atomic E-state index is 0.343. The highest BCUT2D eigenvalue weighted by Gasteiger charge is 2.02. The Bertz CT molecular complexity index is 779. The number of nitrogens with zero attached hydrogens (tertiary/aromatic N) is 3. The van der Waals surface area contributed by atoms with E-state index < -0.39 is 0 Å². The smallest absolute Gasteiger partial charge is 0.121 e. The molecule has 0 aliphatic carbocycles. The van der Waals surface area contributed by atoms with Gasteiger partial charge in [-0.05, 0) is 54.8 Å². The van der Waals surface area contributed by atoms with E-state index in [2.05, 4.69) is 10.1 Å². The van der Waals surface area contributed by atoms with E-state index in [9.17, 15) is 5.11 Å². The summed E-state index contributed by atoms with van der Waals surface area (Å²) in [6.07, 6.45) is 3.47. The SMILES string of the molecule is Cc1cc(/C=N/n2cnc3ccccc32)cc(C)c1O. The molecule has 3 rings (SSSR count). The first kappa shape index (κ1) is 12.4. The summed E-state index contributed by atoms with van der Waals surface area (Å²) in [5.74, 6) is 0.343. The molecule has 0 bridgehead atoms. The zero-order chi connectivity index (χ0) is 14.1. The molecule has 0 saturated carbocycles. The lowest BCUT2D eigenvalue weighted by atomic mass is 10.1. The quantitative estimate of drug-likeness (QED) is 0.723. The number of aromatic nitrogens is 2. The van der Waals surface area contributed by atoms with Crippen LogP contribution in [0.15, 0.2) is 47.8 Å². The Hall–Kier alpha value is -2.62. The van der Waals surface area contributed by atoms with Gasteiger partial charge in [0.05, 0.1) is 17.2 Å². The summed E-state index contributed by atoms with van der Waals surface area (Å²) in [6.45, 7) is 3.76. The van der Waals surface area contributed by atoms with Gasteiger partial charge >= 0.3 is 0 Å². The summed E-state index contributed by atoms with van der Waals surface area (Å²) >= 11 is 0. The molecule has 3 aromatic rings. The van der Waals surface area contributed by atoms with E-state index in [0.29, 0.717) is 5.75 Å². The van der Waals surface area contributed by atoms with Crippen LogP contribution in [0.25, 0.3) is 11.0 Å². The molecule has 0 amide bonds. The highest BCUT2D eigenvalue weighted by atomic mass is 16.3. The first-order valence-electron chi connectivity index (χ1n) is 6.42. The van der Waals surface area contributed by atoms with Gasteiger partial charge in [0.15, 0.2) is 0 Å². The summed E-state index contributed by atoms with van der Waals surface area (Å²) in [5.41, 5.74) is 4.54. The van der Waals surface area contributed by atoms with Crippen LogP contribution >= 0.6 is 0 Å². The van der Waals surface area contributed by atoms with E-state index >= 15 is 0 Å². The number of rotatable bonds is 2. The van der Waals surface area contributed by atoms with Crippen LogP contribution in [0.4, 0.5) is 0 Å². The van der Waals surface area contributed by atoms with E-state index in [-0.39, 0.29) is 0 Å². The van der Waals surface area contributed by atoms with Crippen molar-refractivity contribution >= 4 is 17.2 Å². The Balaban J connectivity index is 1.98. The third kappa shape index (κ3) is 2.16. The van der Waals surface area contributed by atoms with Crippen molar-refractivity contribution in [2.45, 2.75) is 13.8 Å². The zero-order valence-electron chi connectivity index (χ0n) is 11.4. The highest BCUT2D eigenvalue weighted by molar-refractivity contribution is 5.82. The van der Waals surface area contributed by atoms with E-state index in [0.717, 1.165) is 27.7 Å². The van der Waals surface area contributed by atoms with Crippen molar-refractivity contribution in [2.24, 2.45) is 5.10 Å². The molecular weight excluding hydrogens is 250 g/mol. The van der Waals surface area contributed by atoms with Crippen LogP contribution in [0, 0.1) is 13.8 Å². The minimum atomic E-state index is 0.343. The van der Waals surface area contributed by atoms with E-state index in [1.165, 1.54) is 0 Å². The van der Waals surface area contributed by atoms with E-state index in [1.807, 2.05) is 50.2 Å². The number of fused-ring (bicyclic) bond motifs is 1. The number of benzene rings is 2. The van der Waals surface area contributed by atoms with Crippen LogP contribution in [-0.4, -0.2) is 21.0 Å². The van der Waals surface area contributed by atoms with Gasteiger partial charge < -0.3 is 5.11 Å². The molecule has 0 unspecified atom stereocenters. The molecule has 0 saturated heterocycles. The Morgan fingerprint density at radius 3 is 2.60 bits per heavy atom. The molecule has 4 nitrogen and oxygen atoms in total. The molecule has 0 aliphatic heterocycles. The monoisotopic (exact) mass is 265 g/mol. The number of phenolic OH excluding ortho intramolecular Hbond substituents is 1. The lowest BCUT2D eigenvalue weighted by Gasteiger charge is -2.04. The standard InChI is InChI=1S/C16H15N3O/c1-11-7-13(8-12(2)16(11)20)9-18-19-10-17-14-5-3-4-6-15(14)19/h3-10,20H,1-2H3/b18-9+. The molecule has 1 heterocycles. The summed E-state index contributed by atoms with van der Waals surface area (Å²) < 4.78 is 1.74. The number of imidazole rings is 1. The molecular formula is C16H15N3O. The Kier molecular flexibility index (Phi) is 2.99. The van der Waals surface area contributed by atoms with Crippen molar-refractivity contribution in [1.29, 1.82) is 0 Å². The number of aryl methyl sites for hydroxylation is 2. The maximum absolute atomic E-state index is 9.76. The number of hydrogen-bond acceptors (Lipinski definition) is 3. The largest absolute Gasteiger partial charge is 0.507 e. The maximum Gasteiger partial charge on any atom is 0.121 e. The second-order valence-electron chi connectivity index (χ2n) is 4.83. The van der Waals surface area contributed by atoms with Gasteiger partial charge in [-0.25, -0.2) is 9.66 Å². The minimum Gasteiger partial charge on any atom is -0.507 e. The molecule has 0 spiro atoms. The molecule has 1 N–H and O–H groups in total. The van der Waals surface area contributed by atoms with Crippen LogP contribution in [0.2, 0.25) is 0 Å². The fraction of sp³-hybridized carbons (Fsp3) is 0.125. The van der Waals surface area contributed by atoms with E-state index in [1.54, 1.807) is 17.2 Å². The van der Waals surface area contributed by atoms with Gasteiger partial charge in [0.1, 0.15) is 12.1 Å². The van der Waals surface area contributed by atoms with Crippen molar-refractivity contribution in [2.75, 3.05) is 0 Å². The number of aromatic hydroxyl groups is 1. The van der Waals surface area contributed by atoms with Crippen LogP contribution in [0.3, 0.4) is 0 Å². The Morgan fingerprint density at radius 1 is 1.15 bits per heavy atom. The van der Waals surface area contributed by atoms with Crippen molar-refractivity contribution in [3.05, 3.63) is 59.4 Å². The Morgan fingerprint density at radius 2 is 1.85 bits per heavy atom. The number of para-hydroxylation sites is 2. The van der Waals surface area contributed by atoms with Crippen molar-refractivity contribution in [3.63, 3.8) is 0 Å². The lowest BCUT2D eigenvalue weighted by molar-refractivity contribution is 0.467. The van der Waals surface area contributed by atoms with Crippen molar-refractivity contribution in [1.82, 2.24) is 9.66 Å². The summed E-state index contributed by atoms with van der Waals surface area (Å²) in [4.78, 5) is 4.29. The van der Waals surface area contributed by atoms with Gasteiger partial charge in [-0.1, -0.05) is 12.1 Å².